The van der Waals surface area contributed by atoms with Gasteiger partial charge in [-0.3, -0.25) is 4.79 Å². The number of ether oxygens (including phenoxy) is 1. The molecule has 0 saturated carbocycles. The maximum absolute atomic E-state index is 11.5. The molecule has 19 heavy (non-hydrogen) atoms. The van der Waals surface area contributed by atoms with Crippen LogP contribution in [0.15, 0.2) is 46.8 Å². The standard InChI is InChI=1S/C14H15N3O2/c1-8-5-9(15)3-4-11(8)17-12-6-10(16)13(18)7-14(12)19-2/h3-7H,15-16H2,1-2H3. The van der Waals surface area contributed by atoms with E-state index in [1.807, 2.05) is 19.1 Å². The Labute approximate surface area is 111 Å². The third-order valence-corrected chi connectivity index (χ3v) is 2.77. The number of benzene rings is 1. The largest absolute Gasteiger partial charge is 0.494 e. The third-order valence-electron chi connectivity index (χ3n) is 2.77. The first-order valence-corrected chi connectivity index (χ1v) is 5.73. The Morgan fingerprint density at radius 1 is 1.21 bits per heavy atom. The topological polar surface area (TPSA) is 90.7 Å². The van der Waals surface area contributed by atoms with Crippen molar-refractivity contribution in [3.05, 3.63) is 47.4 Å². The van der Waals surface area contributed by atoms with Crippen molar-refractivity contribution >= 4 is 22.9 Å². The molecule has 4 N–H and O–H groups in total. The van der Waals surface area contributed by atoms with Gasteiger partial charge in [0.1, 0.15) is 11.5 Å². The van der Waals surface area contributed by atoms with Gasteiger partial charge in [-0.05, 0) is 36.8 Å². The summed E-state index contributed by atoms with van der Waals surface area (Å²) < 4.78 is 5.14. The molecular formula is C14H15N3O2. The van der Waals surface area contributed by atoms with E-state index in [-0.39, 0.29) is 11.5 Å². The molecule has 0 fully saturated rings. The summed E-state index contributed by atoms with van der Waals surface area (Å²) in [6.45, 7) is 1.91. The molecule has 0 radical (unpaired) electrons. The van der Waals surface area contributed by atoms with Crippen LogP contribution in [-0.4, -0.2) is 18.6 Å². The highest BCUT2D eigenvalue weighted by molar-refractivity contribution is 6.21. The summed E-state index contributed by atoms with van der Waals surface area (Å²) in [5.74, 6) is 0.125. The van der Waals surface area contributed by atoms with E-state index in [1.165, 1.54) is 19.3 Å². The molecule has 98 valence electrons. The fourth-order valence-electron chi connectivity index (χ4n) is 1.75. The summed E-state index contributed by atoms with van der Waals surface area (Å²) in [5, 5.41) is 0. The average molecular weight is 257 g/mol. The van der Waals surface area contributed by atoms with E-state index in [9.17, 15) is 4.79 Å². The minimum absolute atomic E-state index is 0.146. The van der Waals surface area contributed by atoms with Gasteiger partial charge in [0.25, 0.3) is 0 Å². The van der Waals surface area contributed by atoms with E-state index < -0.39 is 0 Å². The number of rotatable bonds is 2. The number of nitrogens with zero attached hydrogens (tertiary/aromatic N) is 1. The first-order chi connectivity index (χ1) is 9.01. The van der Waals surface area contributed by atoms with Crippen molar-refractivity contribution < 1.29 is 9.53 Å². The van der Waals surface area contributed by atoms with Gasteiger partial charge in [-0.1, -0.05) is 0 Å². The van der Waals surface area contributed by atoms with Crippen LogP contribution >= 0.6 is 0 Å². The first-order valence-electron chi connectivity index (χ1n) is 5.73. The van der Waals surface area contributed by atoms with E-state index in [4.69, 9.17) is 16.2 Å². The van der Waals surface area contributed by atoms with Gasteiger partial charge in [-0.15, -0.1) is 0 Å². The molecule has 1 aliphatic carbocycles. The van der Waals surface area contributed by atoms with Crippen molar-refractivity contribution in [3.8, 4) is 0 Å². The number of hydrogen-bond acceptors (Lipinski definition) is 5. The van der Waals surface area contributed by atoms with Crippen LogP contribution in [0.1, 0.15) is 5.56 Å². The number of nitrogens with two attached hydrogens (primary N) is 2. The van der Waals surface area contributed by atoms with Crippen molar-refractivity contribution in [1.82, 2.24) is 0 Å². The molecule has 1 aliphatic rings. The lowest BCUT2D eigenvalue weighted by atomic mass is 10.1. The summed E-state index contributed by atoms with van der Waals surface area (Å²) in [6, 6.07) is 5.41. The summed E-state index contributed by atoms with van der Waals surface area (Å²) in [6.07, 6.45) is 2.85. The van der Waals surface area contributed by atoms with Crippen LogP contribution in [0.3, 0.4) is 0 Å². The Morgan fingerprint density at radius 3 is 2.58 bits per heavy atom. The number of anilines is 1. The molecule has 0 bridgehead atoms. The molecule has 0 aromatic heterocycles. The second-order valence-corrected chi connectivity index (χ2v) is 4.22. The maximum Gasteiger partial charge on any atom is 0.205 e. The minimum atomic E-state index is -0.273. The number of aliphatic imine (C=N–C) groups is 1. The van der Waals surface area contributed by atoms with Gasteiger partial charge in [-0.2, -0.15) is 0 Å². The highest BCUT2D eigenvalue weighted by Crippen LogP contribution is 2.23. The zero-order valence-corrected chi connectivity index (χ0v) is 10.8. The van der Waals surface area contributed by atoms with Gasteiger partial charge in [0.05, 0.1) is 18.5 Å². The highest BCUT2D eigenvalue weighted by Gasteiger charge is 2.17. The average Bonchev–Trinajstić information content (AvgIpc) is 2.36. The molecule has 0 amide bonds. The van der Waals surface area contributed by atoms with Crippen molar-refractivity contribution in [2.75, 3.05) is 12.8 Å². The predicted octanol–water partition coefficient (Wildman–Crippen LogP) is 1.61. The summed E-state index contributed by atoms with van der Waals surface area (Å²) in [5.41, 5.74) is 14.3. The van der Waals surface area contributed by atoms with Gasteiger partial charge in [0.2, 0.25) is 5.78 Å². The number of hydrogen-bond donors (Lipinski definition) is 2. The Bertz CT molecular complexity index is 628. The monoisotopic (exact) mass is 257 g/mol. The van der Waals surface area contributed by atoms with E-state index >= 15 is 0 Å². The SMILES string of the molecule is COC1=CC(=O)C(N)=CC1=Nc1ccc(N)cc1C. The Balaban J connectivity index is 2.47. The Kier molecular flexibility index (Phi) is 3.37. The van der Waals surface area contributed by atoms with Crippen LogP contribution in [0, 0.1) is 6.92 Å². The van der Waals surface area contributed by atoms with Crippen LogP contribution in [0.4, 0.5) is 11.4 Å². The van der Waals surface area contributed by atoms with E-state index in [1.54, 1.807) is 6.07 Å². The van der Waals surface area contributed by atoms with Crippen LogP contribution < -0.4 is 11.5 Å². The molecule has 5 nitrogen and oxygen atoms in total. The van der Waals surface area contributed by atoms with E-state index in [0.29, 0.717) is 17.2 Å². The quantitative estimate of drug-likeness (QED) is 0.622. The summed E-state index contributed by atoms with van der Waals surface area (Å²) in [7, 11) is 1.49. The highest BCUT2D eigenvalue weighted by atomic mass is 16.5. The molecule has 2 rings (SSSR count). The maximum atomic E-state index is 11.5. The summed E-state index contributed by atoms with van der Waals surface area (Å²) >= 11 is 0. The lowest BCUT2D eigenvalue weighted by Crippen LogP contribution is -2.19. The second-order valence-electron chi connectivity index (χ2n) is 4.22. The van der Waals surface area contributed by atoms with Crippen molar-refractivity contribution in [2.24, 2.45) is 10.7 Å². The molecule has 0 atom stereocenters. The molecule has 5 heteroatoms. The number of allylic oxidation sites excluding steroid dienone is 2. The summed E-state index contributed by atoms with van der Waals surface area (Å²) in [4.78, 5) is 15.9. The van der Waals surface area contributed by atoms with E-state index in [0.717, 1.165) is 11.3 Å². The fourth-order valence-corrected chi connectivity index (χ4v) is 1.75. The normalized spacial score (nSPS) is 17.2. The van der Waals surface area contributed by atoms with Crippen LogP contribution in [0.25, 0.3) is 0 Å². The number of ketones is 1. The van der Waals surface area contributed by atoms with Gasteiger partial charge in [0.15, 0.2) is 0 Å². The number of aryl methyl sites for hydroxylation is 1. The minimum Gasteiger partial charge on any atom is -0.494 e. The van der Waals surface area contributed by atoms with Gasteiger partial charge < -0.3 is 16.2 Å². The number of methoxy groups -OCH3 is 1. The lowest BCUT2D eigenvalue weighted by molar-refractivity contribution is -0.111. The number of nitrogen functional groups attached to an aromatic ring is 1. The van der Waals surface area contributed by atoms with Gasteiger partial charge in [-0.25, -0.2) is 4.99 Å². The molecule has 0 unspecified atom stereocenters. The molecular weight excluding hydrogens is 242 g/mol. The lowest BCUT2D eigenvalue weighted by Gasteiger charge is -2.12. The molecule has 0 heterocycles. The second kappa shape index (κ2) is 4.97. The van der Waals surface area contributed by atoms with Crippen LogP contribution in [0.2, 0.25) is 0 Å². The molecule has 0 saturated heterocycles. The number of carbonyl (C=O) groups excluding carboxylic acids is 1. The molecule has 0 aliphatic heterocycles. The first kappa shape index (κ1) is 12.9. The molecule has 1 aromatic carbocycles. The zero-order chi connectivity index (χ0) is 14.0. The predicted molar refractivity (Wildman–Crippen MR) is 75.1 cm³/mol. The zero-order valence-electron chi connectivity index (χ0n) is 10.8. The van der Waals surface area contributed by atoms with Gasteiger partial charge >= 0.3 is 0 Å². The van der Waals surface area contributed by atoms with Crippen molar-refractivity contribution in [3.63, 3.8) is 0 Å². The Hall–Kier alpha value is -2.56. The Morgan fingerprint density at radius 2 is 1.95 bits per heavy atom. The van der Waals surface area contributed by atoms with Crippen molar-refractivity contribution in [2.45, 2.75) is 6.92 Å². The van der Waals surface area contributed by atoms with Crippen LogP contribution in [-0.2, 0) is 9.53 Å². The third kappa shape index (κ3) is 2.65. The molecule has 0 spiro atoms. The van der Waals surface area contributed by atoms with Crippen LogP contribution in [0.5, 0.6) is 0 Å². The van der Waals surface area contributed by atoms with Gasteiger partial charge in [0, 0.05) is 11.8 Å². The molecule has 1 aromatic rings. The van der Waals surface area contributed by atoms with E-state index in [2.05, 4.69) is 4.99 Å². The van der Waals surface area contributed by atoms with Crippen molar-refractivity contribution in [1.29, 1.82) is 0 Å². The smallest absolute Gasteiger partial charge is 0.205 e. The fraction of sp³-hybridized carbons (Fsp3) is 0.143. The number of carbonyl (C=O) groups is 1.